The molecule has 0 bridgehead atoms. The van der Waals surface area contributed by atoms with Crippen molar-refractivity contribution in [1.82, 2.24) is 0 Å². The van der Waals surface area contributed by atoms with Gasteiger partial charge in [0.2, 0.25) is 5.91 Å². The van der Waals surface area contributed by atoms with Crippen molar-refractivity contribution in [2.45, 2.75) is 39.2 Å². The zero-order valence-electron chi connectivity index (χ0n) is 11.1. The van der Waals surface area contributed by atoms with Gasteiger partial charge in [-0.3, -0.25) is 9.59 Å². The number of nitrogens with one attached hydrogen (secondary N) is 1. The molecule has 1 amide bonds. The van der Waals surface area contributed by atoms with Crippen LogP contribution in [0.1, 0.15) is 33.1 Å². The van der Waals surface area contributed by atoms with Crippen molar-refractivity contribution in [3.63, 3.8) is 0 Å². The van der Waals surface area contributed by atoms with Crippen LogP contribution in [0, 0.1) is 3.57 Å². The third-order valence-corrected chi connectivity index (χ3v) is 3.31. The van der Waals surface area contributed by atoms with Crippen LogP contribution in [0.4, 0.5) is 5.69 Å². The average Bonchev–Trinajstić information content (AvgIpc) is 2.39. The fraction of sp³-hybridized carbons (Fsp3) is 0.429. The molecule has 0 aliphatic rings. The van der Waals surface area contributed by atoms with Gasteiger partial charge in [-0.05, 0) is 60.2 Å². The topological polar surface area (TPSA) is 55.4 Å². The lowest BCUT2D eigenvalue weighted by molar-refractivity contribution is -0.149. The standard InChI is InChI=1S/C14H18INO3/c1-3-10(2)19-14(18)9-8-13(17)16-12-6-4-11(15)5-7-12/h4-7,10H,3,8-9H2,1-2H3,(H,16,17). The summed E-state index contributed by atoms with van der Waals surface area (Å²) in [6.07, 6.45) is 0.939. The first-order valence-corrected chi connectivity index (χ1v) is 7.34. The fourth-order valence-corrected chi connectivity index (χ4v) is 1.70. The van der Waals surface area contributed by atoms with Crippen molar-refractivity contribution in [2.75, 3.05) is 5.32 Å². The Morgan fingerprint density at radius 2 is 1.89 bits per heavy atom. The number of ether oxygens (including phenoxy) is 1. The third kappa shape index (κ3) is 6.56. The highest BCUT2D eigenvalue weighted by atomic mass is 127. The van der Waals surface area contributed by atoms with E-state index in [1.54, 1.807) is 0 Å². The van der Waals surface area contributed by atoms with Crippen LogP contribution in [-0.4, -0.2) is 18.0 Å². The highest BCUT2D eigenvalue weighted by Gasteiger charge is 2.10. The van der Waals surface area contributed by atoms with Crippen LogP contribution in [0.3, 0.4) is 0 Å². The summed E-state index contributed by atoms with van der Waals surface area (Å²) in [7, 11) is 0. The Morgan fingerprint density at radius 3 is 2.47 bits per heavy atom. The maximum Gasteiger partial charge on any atom is 0.306 e. The number of carbonyl (C=O) groups excluding carboxylic acids is 2. The van der Waals surface area contributed by atoms with Gasteiger partial charge in [-0.2, -0.15) is 0 Å². The molecule has 0 fully saturated rings. The number of carbonyl (C=O) groups is 2. The highest BCUT2D eigenvalue weighted by molar-refractivity contribution is 14.1. The maximum atomic E-state index is 11.6. The summed E-state index contributed by atoms with van der Waals surface area (Å²) in [5, 5.41) is 2.74. The van der Waals surface area contributed by atoms with E-state index in [1.165, 1.54) is 0 Å². The predicted molar refractivity (Wildman–Crippen MR) is 82.9 cm³/mol. The molecule has 4 nitrogen and oxygen atoms in total. The Kier molecular flexibility index (Phi) is 6.83. The summed E-state index contributed by atoms with van der Waals surface area (Å²) in [4.78, 5) is 23.0. The van der Waals surface area contributed by atoms with Crippen LogP contribution in [-0.2, 0) is 14.3 Å². The largest absolute Gasteiger partial charge is 0.463 e. The van der Waals surface area contributed by atoms with E-state index in [2.05, 4.69) is 27.9 Å². The van der Waals surface area contributed by atoms with Gasteiger partial charge in [-0.15, -0.1) is 0 Å². The minimum Gasteiger partial charge on any atom is -0.463 e. The monoisotopic (exact) mass is 375 g/mol. The lowest BCUT2D eigenvalue weighted by atomic mass is 10.2. The third-order valence-electron chi connectivity index (χ3n) is 2.59. The summed E-state index contributed by atoms with van der Waals surface area (Å²) in [5.74, 6) is -0.505. The molecular formula is C14H18INO3. The molecule has 19 heavy (non-hydrogen) atoms. The van der Waals surface area contributed by atoms with E-state index in [-0.39, 0.29) is 30.8 Å². The molecule has 0 saturated heterocycles. The SMILES string of the molecule is CCC(C)OC(=O)CCC(=O)Nc1ccc(I)cc1. The molecule has 1 rings (SSSR count). The second-order valence-corrected chi connectivity index (χ2v) is 5.51. The van der Waals surface area contributed by atoms with Gasteiger partial charge in [0.1, 0.15) is 0 Å². The molecule has 5 heteroatoms. The molecule has 1 atom stereocenters. The van der Waals surface area contributed by atoms with Crippen molar-refractivity contribution in [3.8, 4) is 0 Å². The Labute approximate surface area is 127 Å². The number of rotatable bonds is 6. The van der Waals surface area contributed by atoms with Gasteiger partial charge in [0.25, 0.3) is 0 Å². The van der Waals surface area contributed by atoms with Crippen LogP contribution in [0.2, 0.25) is 0 Å². The second-order valence-electron chi connectivity index (χ2n) is 4.26. The smallest absolute Gasteiger partial charge is 0.306 e. The number of amides is 1. The molecular weight excluding hydrogens is 357 g/mol. The molecule has 104 valence electrons. The average molecular weight is 375 g/mol. The highest BCUT2D eigenvalue weighted by Crippen LogP contribution is 2.11. The summed E-state index contributed by atoms with van der Waals surface area (Å²) in [5.41, 5.74) is 0.737. The summed E-state index contributed by atoms with van der Waals surface area (Å²) in [6, 6.07) is 7.48. The van der Waals surface area contributed by atoms with Crippen LogP contribution >= 0.6 is 22.6 Å². The molecule has 1 aromatic carbocycles. The molecule has 0 aliphatic heterocycles. The Morgan fingerprint density at radius 1 is 1.26 bits per heavy atom. The van der Waals surface area contributed by atoms with Crippen LogP contribution in [0.15, 0.2) is 24.3 Å². The first-order valence-electron chi connectivity index (χ1n) is 6.26. The molecule has 0 spiro atoms. The van der Waals surface area contributed by atoms with E-state index in [1.807, 2.05) is 38.1 Å². The zero-order valence-corrected chi connectivity index (χ0v) is 13.3. The normalized spacial score (nSPS) is 11.7. The number of halogens is 1. The van der Waals surface area contributed by atoms with Crippen molar-refractivity contribution in [3.05, 3.63) is 27.8 Å². The fourth-order valence-electron chi connectivity index (χ4n) is 1.34. The molecule has 1 unspecified atom stereocenters. The van der Waals surface area contributed by atoms with Crippen LogP contribution in [0.25, 0.3) is 0 Å². The molecule has 0 saturated carbocycles. The molecule has 0 aliphatic carbocycles. The van der Waals surface area contributed by atoms with Crippen molar-refractivity contribution < 1.29 is 14.3 Å². The van der Waals surface area contributed by atoms with E-state index in [0.29, 0.717) is 0 Å². The lowest BCUT2D eigenvalue weighted by Gasteiger charge is -2.10. The lowest BCUT2D eigenvalue weighted by Crippen LogP contribution is -2.17. The Hall–Kier alpha value is -1.11. The first-order chi connectivity index (χ1) is 9.01. The minimum atomic E-state index is -0.327. The van der Waals surface area contributed by atoms with Gasteiger partial charge >= 0.3 is 5.97 Å². The summed E-state index contributed by atoms with van der Waals surface area (Å²) < 4.78 is 6.20. The number of hydrogen-bond acceptors (Lipinski definition) is 3. The predicted octanol–water partition coefficient (Wildman–Crippen LogP) is 3.35. The Bertz CT molecular complexity index is 431. The first kappa shape index (κ1) is 15.9. The van der Waals surface area contributed by atoms with Crippen molar-refractivity contribution in [2.24, 2.45) is 0 Å². The summed E-state index contributed by atoms with van der Waals surface area (Å²) >= 11 is 2.20. The van der Waals surface area contributed by atoms with Crippen molar-refractivity contribution in [1.29, 1.82) is 0 Å². The van der Waals surface area contributed by atoms with Gasteiger partial charge in [0.15, 0.2) is 0 Å². The molecule has 0 heterocycles. The van der Waals surface area contributed by atoms with E-state index < -0.39 is 0 Å². The van der Waals surface area contributed by atoms with Gasteiger partial charge in [0.05, 0.1) is 12.5 Å². The molecule has 0 radical (unpaired) electrons. The molecule has 1 N–H and O–H groups in total. The van der Waals surface area contributed by atoms with Gasteiger partial charge < -0.3 is 10.1 Å². The van der Waals surface area contributed by atoms with Gasteiger partial charge in [-0.25, -0.2) is 0 Å². The number of anilines is 1. The molecule has 0 aromatic heterocycles. The summed E-state index contributed by atoms with van der Waals surface area (Å²) in [6.45, 7) is 3.78. The van der Waals surface area contributed by atoms with Crippen molar-refractivity contribution >= 4 is 40.2 Å². The van der Waals surface area contributed by atoms with Gasteiger partial charge in [0, 0.05) is 15.7 Å². The molecule has 1 aromatic rings. The minimum absolute atomic E-state index is 0.0910. The second kappa shape index (κ2) is 8.14. The Balaban J connectivity index is 2.32. The van der Waals surface area contributed by atoms with E-state index in [9.17, 15) is 9.59 Å². The number of esters is 1. The quantitative estimate of drug-likeness (QED) is 0.613. The van der Waals surface area contributed by atoms with E-state index >= 15 is 0 Å². The van der Waals surface area contributed by atoms with E-state index in [0.717, 1.165) is 15.7 Å². The maximum absolute atomic E-state index is 11.6. The number of benzene rings is 1. The van der Waals surface area contributed by atoms with Crippen LogP contribution in [0.5, 0.6) is 0 Å². The van der Waals surface area contributed by atoms with E-state index in [4.69, 9.17) is 4.74 Å². The van der Waals surface area contributed by atoms with Crippen LogP contribution < -0.4 is 5.32 Å². The van der Waals surface area contributed by atoms with Gasteiger partial charge in [-0.1, -0.05) is 6.92 Å². The zero-order chi connectivity index (χ0) is 14.3. The number of hydrogen-bond donors (Lipinski definition) is 1.